The van der Waals surface area contributed by atoms with Crippen LogP contribution in [0.4, 0.5) is 5.69 Å². The maximum atomic E-state index is 12.7. The predicted octanol–water partition coefficient (Wildman–Crippen LogP) is 2.16. The fraction of sp³-hybridized carbons (Fsp3) is 0.222. The van der Waals surface area contributed by atoms with Gasteiger partial charge in [0, 0.05) is 5.69 Å². The van der Waals surface area contributed by atoms with E-state index in [1.54, 1.807) is 4.68 Å². The molecule has 2 aromatic carbocycles. The number of tetrazole rings is 1. The van der Waals surface area contributed by atoms with E-state index in [1.807, 2.05) is 49.4 Å². The molecule has 1 aromatic heterocycles. The van der Waals surface area contributed by atoms with Crippen LogP contribution < -0.4 is 10.1 Å². The van der Waals surface area contributed by atoms with E-state index in [4.69, 9.17) is 4.74 Å². The van der Waals surface area contributed by atoms with E-state index in [1.165, 1.54) is 6.33 Å². The summed E-state index contributed by atoms with van der Waals surface area (Å²) < 4.78 is 7.27. The van der Waals surface area contributed by atoms with Gasteiger partial charge in [-0.3, -0.25) is 4.79 Å². The number of fused-ring (bicyclic) bond motifs is 1. The number of ether oxygens (including phenoxy) is 1. The zero-order chi connectivity index (χ0) is 17.2. The Hall–Kier alpha value is -3.22. The topological polar surface area (TPSA) is 81.9 Å². The quantitative estimate of drug-likeness (QED) is 0.793. The molecule has 0 aliphatic carbocycles. The third kappa shape index (κ3) is 3.08. The molecule has 0 radical (unpaired) electrons. The molecule has 0 unspecified atom stereocenters. The molecular formula is C18H17N5O2. The van der Waals surface area contributed by atoms with Crippen molar-refractivity contribution < 1.29 is 9.53 Å². The molecule has 1 amide bonds. The van der Waals surface area contributed by atoms with Crippen molar-refractivity contribution in [1.29, 1.82) is 0 Å². The number of nitrogens with zero attached hydrogens (tertiary/aromatic N) is 4. The predicted molar refractivity (Wildman–Crippen MR) is 91.7 cm³/mol. The first-order valence-corrected chi connectivity index (χ1v) is 8.06. The first-order valence-electron chi connectivity index (χ1n) is 8.06. The lowest BCUT2D eigenvalue weighted by molar-refractivity contribution is -0.121. The van der Waals surface area contributed by atoms with Gasteiger partial charge in [-0.1, -0.05) is 24.3 Å². The van der Waals surface area contributed by atoms with Crippen LogP contribution in [0, 0.1) is 12.8 Å². The Morgan fingerprint density at radius 2 is 2.16 bits per heavy atom. The summed E-state index contributed by atoms with van der Waals surface area (Å²) in [6.45, 7) is 2.33. The van der Waals surface area contributed by atoms with E-state index in [0.29, 0.717) is 13.0 Å². The number of hydrogen-bond donors (Lipinski definition) is 1. The largest absolute Gasteiger partial charge is 0.492 e. The van der Waals surface area contributed by atoms with Gasteiger partial charge < -0.3 is 10.1 Å². The van der Waals surface area contributed by atoms with Crippen molar-refractivity contribution in [2.45, 2.75) is 13.3 Å². The lowest BCUT2D eigenvalue weighted by Crippen LogP contribution is -2.32. The highest BCUT2D eigenvalue weighted by Gasteiger charge is 2.26. The van der Waals surface area contributed by atoms with Crippen LogP contribution in [0.15, 0.2) is 48.8 Å². The summed E-state index contributed by atoms with van der Waals surface area (Å²) in [5, 5.41) is 14.2. The highest BCUT2D eigenvalue weighted by Crippen LogP contribution is 2.28. The molecule has 0 saturated heterocycles. The van der Waals surface area contributed by atoms with Crippen LogP contribution in [0.1, 0.15) is 11.1 Å². The number of aromatic nitrogens is 4. The van der Waals surface area contributed by atoms with Crippen LogP contribution >= 0.6 is 0 Å². The molecular weight excluding hydrogens is 318 g/mol. The molecule has 0 bridgehead atoms. The maximum absolute atomic E-state index is 12.7. The van der Waals surface area contributed by atoms with Gasteiger partial charge >= 0.3 is 0 Å². The van der Waals surface area contributed by atoms with E-state index >= 15 is 0 Å². The van der Waals surface area contributed by atoms with Crippen molar-refractivity contribution >= 4 is 11.6 Å². The molecule has 7 nitrogen and oxygen atoms in total. The maximum Gasteiger partial charge on any atom is 0.231 e. The Kier molecular flexibility index (Phi) is 3.89. The van der Waals surface area contributed by atoms with Crippen molar-refractivity contribution in [3.63, 3.8) is 0 Å². The summed E-state index contributed by atoms with van der Waals surface area (Å²) in [5.74, 6) is 0.598. The molecule has 1 aliphatic rings. The number of rotatable bonds is 3. The summed E-state index contributed by atoms with van der Waals surface area (Å²) in [4.78, 5) is 12.7. The van der Waals surface area contributed by atoms with E-state index in [0.717, 1.165) is 28.3 Å². The fourth-order valence-corrected chi connectivity index (χ4v) is 2.90. The molecule has 0 fully saturated rings. The summed E-state index contributed by atoms with van der Waals surface area (Å²) >= 11 is 0. The van der Waals surface area contributed by atoms with Gasteiger partial charge in [0.2, 0.25) is 5.91 Å². The van der Waals surface area contributed by atoms with Crippen LogP contribution in [0.3, 0.4) is 0 Å². The molecule has 126 valence electrons. The highest BCUT2D eigenvalue weighted by atomic mass is 16.5. The van der Waals surface area contributed by atoms with Gasteiger partial charge in [0.1, 0.15) is 18.7 Å². The number of amides is 1. The molecule has 1 N–H and O–H groups in total. The number of carbonyl (C=O) groups excluding carboxylic acids is 1. The van der Waals surface area contributed by atoms with Crippen LogP contribution in [-0.4, -0.2) is 32.7 Å². The number of hydrogen-bond acceptors (Lipinski definition) is 5. The fourth-order valence-electron chi connectivity index (χ4n) is 2.90. The van der Waals surface area contributed by atoms with Crippen LogP contribution in [0.2, 0.25) is 0 Å². The number of anilines is 1. The second-order valence-corrected chi connectivity index (χ2v) is 6.06. The molecule has 1 atom stereocenters. The molecule has 7 heteroatoms. The standard InChI is InChI=1S/C18H17N5O2/c1-12-6-7-15(23-11-19-21-22-23)9-16(12)20-18(24)14-8-13-4-2-3-5-17(13)25-10-14/h2-7,9,11,14H,8,10H2,1H3,(H,20,24)/t14-/m0/s1. The molecule has 0 saturated carbocycles. The molecule has 0 spiro atoms. The third-order valence-corrected chi connectivity index (χ3v) is 4.34. The van der Waals surface area contributed by atoms with Crippen molar-refractivity contribution in [3.8, 4) is 11.4 Å². The SMILES string of the molecule is Cc1ccc(-n2cnnn2)cc1NC(=O)[C@@H]1COc2ccccc2C1. The minimum atomic E-state index is -0.217. The van der Waals surface area contributed by atoms with E-state index in [-0.39, 0.29) is 11.8 Å². The van der Waals surface area contributed by atoms with Gasteiger partial charge in [0.05, 0.1) is 11.6 Å². The van der Waals surface area contributed by atoms with Gasteiger partial charge in [0.15, 0.2) is 0 Å². The van der Waals surface area contributed by atoms with Crippen molar-refractivity contribution in [2.24, 2.45) is 5.92 Å². The van der Waals surface area contributed by atoms with Gasteiger partial charge in [-0.2, -0.15) is 0 Å². The van der Waals surface area contributed by atoms with Crippen LogP contribution in [0.5, 0.6) is 5.75 Å². The number of nitrogens with one attached hydrogen (secondary N) is 1. The minimum Gasteiger partial charge on any atom is -0.492 e. The number of para-hydroxylation sites is 1. The second kappa shape index (κ2) is 6.35. The van der Waals surface area contributed by atoms with Gasteiger partial charge in [-0.15, -0.1) is 5.10 Å². The number of benzene rings is 2. The minimum absolute atomic E-state index is 0.0496. The van der Waals surface area contributed by atoms with E-state index in [9.17, 15) is 4.79 Å². The molecule has 3 aromatic rings. The highest BCUT2D eigenvalue weighted by molar-refractivity contribution is 5.94. The molecule has 25 heavy (non-hydrogen) atoms. The zero-order valence-corrected chi connectivity index (χ0v) is 13.7. The Balaban J connectivity index is 1.52. The second-order valence-electron chi connectivity index (χ2n) is 6.06. The lowest BCUT2D eigenvalue weighted by Gasteiger charge is -2.24. The third-order valence-electron chi connectivity index (χ3n) is 4.34. The average molecular weight is 335 g/mol. The average Bonchev–Trinajstić information content (AvgIpc) is 3.18. The number of carbonyl (C=O) groups is 1. The first kappa shape index (κ1) is 15.3. The van der Waals surface area contributed by atoms with Gasteiger partial charge in [-0.05, 0) is 53.1 Å². The van der Waals surface area contributed by atoms with E-state index < -0.39 is 0 Å². The normalized spacial score (nSPS) is 16.0. The Morgan fingerprint density at radius 1 is 1.28 bits per heavy atom. The van der Waals surface area contributed by atoms with Crippen LogP contribution in [-0.2, 0) is 11.2 Å². The zero-order valence-electron chi connectivity index (χ0n) is 13.7. The summed E-state index contributed by atoms with van der Waals surface area (Å²) in [5.41, 5.74) is 3.57. The van der Waals surface area contributed by atoms with Gasteiger partial charge in [-0.25, -0.2) is 4.68 Å². The Morgan fingerprint density at radius 3 is 3.00 bits per heavy atom. The van der Waals surface area contributed by atoms with Crippen molar-refractivity contribution in [3.05, 3.63) is 59.9 Å². The Labute approximate surface area is 144 Å². The smallest absolute Gasteiger partial charge is 0.231 e. The van der Waals surface area contributed by atoms with Crippen LogP contribution in [0.25, 0.3) is 5.69 Å². The molecule has 1 aliphatic heterocycles. The monoisotopic (exact) mass is 335 g/mol. The summed E-state index contributed by atoms with van der Waals surface area (Å²) in [7, 11) is 0. The first-order chi connectivity index (χ1) is 12.2. The summed E-state index contributed by atoms with van der Waals surface area (Å²) in [6, 6.07) is 13.5. The lowest BCUT2D eigenvalue weighted by atomic mass is 9.96. The van der Waals surface area contributed by atoms with Crippen molar-refractivity contribution in [2.75, 3.05) is 11.9 Å². The molecule has 2 heterocycles. The van der Waals surface area contributed by atoms with Crippen molar-refractivity contribution in [1.82, 2.24) is 20.2 Å². The molecule has 4 rings (SSSR count). The van der Waals surface area contributed by atoms with Gasteiger partial charge in [0.25, 0.3) is 0 Å². The number of aryl methyl sites for hydroxylation is 1. The van der Waals surface area contributed by atoms with E-state index in [2.05, 4.69) is 20.8 Å². The Bertz CT molecular complexity index is 908. The summed E-state index contributed by atoms with van der Waals surface area (Å²) in [6.07, 6.45) is 2.19.